The van der Waals surface area contributed by atoms with Gasteiger partial charge in [0.25, 0.3) is 0 Å². The van der Waals surface area contributed by atoms with Crippen LogP contribution in [0.1, 0.15) is 29.9 Å². The summed E-state index contributed by atoms with van der Waals surface area (Å²) in [5.74, 6) is 0.320. The molecule has 3 N–H and O–H groups in total. The number of halogens is 3. The summed E-state index contributed by atoms with van der Waals surface area (Å²) in [6.07, 6.45) is -2.81. The van der Waals surface area contributed by atoms with Crippen LogP contribution in [-0.2, 0) is 11.0 Å². The van der Waals surface area contributed by atoms with Crippen molar-refractivity contribution in [2.75, 3.05) is 47.8 Å². The minimum absolute atomic E-state index is 0.0999. The number of anilines is 3. The fourth-order valence-electron chi connectivity index (χ4n) is 6.01. The summed E-state index contributed by atoms with van der Waals surface area (Å²) < 4.78 is 40.0. The lowest BCUT2D eigenvalue weighted by Crippen LogP contribution is -2.48. The third-order valence-electron chi connectivity index (χ3n) is 7.92. The maximum atomic E-state index is 13.7. The summed E-state index contributed by atoms with van der Waals surface area (Å²) in [5.41, 5.74) is 7.80. The quantitative estimate of drug-likeness (QED) is 0.482. The van der Waals surface area contributed by atoms with Crippen LogP contribution in [0.25, 0.3) is 11.3 Å². The van der Waals surface area contributed by atoms with Crippen LogP contribution >= 0.6 is 0 Å². The predicted octanol–water partition coefficient (Wildman–Crippen LogP) is 4.67. The van der Waals surface area contributed by atoms with Crippen LogP contribution in [-0.4, -0.2) is 60.6 Å². The predicted molar refractivity (Wildman–Crippen MR) is 146 cm³/mol. The van der Waals surface area contributed by atoms with Gasteiger partial charge in [-0.1, -0.05) is 24.3 Å². The van der Waals surface area contributed by atoms with Crippen LogP contribution in [0.15, 0.2) is 60.7 Å². The minimum atomic E-state index is -4.46. The second kappa shape index (κ2) is 10.1. The van der Waals surface area contributed by atoms with Crippen molar-refractivity contribution in [1.29, 1.82) is 0 Å². The molecule has 6 rings (SSSR count). The Labute approximate surface area is 229 Å². The molecule has 3 amide bonds. The van der Waals surface area contributed by atoms with Crippen molar-refractivity contribution >= 4 is 29.1 Å². The maximum absolute atomic E-state index is 13.7. The van der Waals surface area contributed by atoms with Gasteiger partial charge in [-0.25, -0.2) is 9.78 Å². The van der Waals surface area contributed by atoms with Gasteiger partial charge in [0.05, 0.1) is 29.5 Å². The van der Waals surface area contributed by atoms with E-state index in [-0.39, 0.29) is 30.4 Å². The molecule has 40 heavy (non-hydrogen) atoms. The molecule has 11 heteroatoms. The van der Waals surface area contributed by atoms with Crippen LogP contribution in [0.5, 0.6) is 0 Å². The Balaban J connectivity index is 1.26. The molecule has 2 aromatic carbocycles. The van der Waals surface area contributed by atoms with E-state index < -0.39 is 11.7 Å². The number of urea groups is 1. The van der Waals surface area contributed by atoms with Crippen molar-refractivity contribution in [2.24, 2.45) is 5.73 Å². The van der Waals surface area contributed by atoms with Gasteiger partial charge in [0.15, 0.2) is 5.82 Å². The van der Waals surface area contributed by atoms with Crippen molar-refractivity contribution in [3.8, 4) is 11.3 Å². The van der Waals surface area contributed by atoms with Crippen LogP contribution in [0.3, 0.4) is 0 Å². The fourth-order valence-corrected chi connectivity index (χ4v) is 6.01. The summed E-state index contributed by atoms with van der Waals surface area (Å²) in [6.45, 7) is 3.18. The highest BCUT2D eigenvalue weighted by Gasteiger charge is 2.40. The Bertz CT molecular complexity index is 1460. The van der Waals surface area contributed by atoms with Crippen molar-refractivity contribution < 1.29 is 22.8 Å². The van der Waals surface area contributed by atoms with Gasteiger partial charge in [-0.3, -0.25) is 14.6 Å². The molecule has 2 fully saturated rings. The highest BCUT2D eigenvalue weighted by atomic mass is 19.4. The number of primary amides is 1. The molecular weight excluding hydrogens is 521 g/mol. The lowest BCUT2D eigenvalue weighted by atomic mass is 9.98. The maximum Gasteiger partial charge on any atom is 0.416 e. The molecule has 0 spiro atoms. The molecule has 0 saturated carbocycles. The number of fused-ring (bicyclic) bond motifs is 4. The molecule has 0 radical (unpaired) electrons. The number of aromatic nitrogens is 1. The molecule has 1 aromatic heterocycles. The monoisotopic (exact) mass is 550 g/mol. The van der Waals surface area contributed by atoms with Gasteiger partial charge in [-0.15, -0.1) is 0 Å². The summed E-state index contributed by atoms with van der Waals surface area (Å²) in [7, 11) is 0. The molecule has 8 nitrogen and oxygen atoms in total. The number of nitrogens with zero attached hydrogens (tertiary/aromatic N) is 4. The molecule has 2 saturated heterocycles. The standard InChI is InChI=1S/C29H29F3N6O2/c30-29(31,32)21-5-1-4-19(13-21)24-7-8-25-27(35-24)38(23-10-12-37(25)16-23)28(40)34-22-6-2-3-18(14-22)20-9-11-36(15-20)17-26(33)39/h1-8,13-14,20,23H,9-12,15-17H2,(H2,33,39)(H,34,40). The van der Waals surface area contributed by atoms with E-state index in [0.717, 1.165) is 55.9 Å². The second-order valence-corrected chi connectivity index (χ2v) is 10.6. The first kappa shape index (κ1) is 26.1. The number of carbonyl (C=O) groups is 2. The SMILES string of the molecule is NC(=O)CN1CCC(c2cccc(NC(=O)N3c4nc(-c5cccc(C(F)(F)F)c5)ccc4N4CCC3C4)c2)C1. The number of nitrogens with two attached hydrogens (primary N) is 1. The number of likely N-dealkylation sites (tertiary alicyclic amines) is 1. The van der Waals surface area contributed by atoms with Crippen molar-refractivity contribution in [3.05, 3.63) is 71.8 Å². The van der Waals surface area contributed by atoms with E-state index in [4.69, 9.17) is 10.7 Å². The number of nitrogens with one attached hydrogen (secondary N) is 1. The Morgan fingerprint density at radius 1 is 1.00 bits per heavy atom. The molecular formula is C29H29F3N6O2. The average Bonchev–Trinajstić information content (AvgIpc) is 3.56. The number of hydrogen-bond acceptors (Lipinski definition) is 5. The van der Waals surface area contributed by atoms with E-state index in [1.807, 2.05) is 35.2 Å². The van der Waals surface area contributed by atoms with Gasteiger partial charge in [0.2, 0.25) is 5.91 Å². The van der Waals surface area contributed by atoms with Gasteiger partial charge < -0.3 is 16.0 Å². The third kappa shape index (κ3) is 5.08. The van der Waals surface area contributed by atoms with Gasteiger partial charge in [0.1, 0.15) is 0 Å². The summed E-state index contributed by atoms with van der Waals surface area (Å²) in [4.78, 5) is 35.6. The Morgan fingerprint density at radius 3 is 2.62 bits per heavy atom. The van der Waals surface area contributed by atoms with Crippen molar-refractivity contribution in [3.63, 3.8) is 0 Å². The van der Waals surface area contributed by atoms with Crippen LogP contribution in [0.4, 0.5) is 35.2 Å². The van der Waals surface area contributed by atoms with Gasteiger partial charge in [-0.2, -0.15) is 13.2 Å². The first-order valence-electron chi connectivity index (χ1n) is 13.3. The molecule has 208 valence electrons. The normalized spacial score (nSPS) is 20.5. The van der Waals surface area contributed by atoms with E-state index in [1.165, 1.54) is 6.07 Å². The third-order valence-corrected chi connectivity index (χ3v) is 7.92. The number of benzene rings is 2. The van der Waals surface area contributed by atoms with Crippen LogP contribution in [0.2, 0.25) is 0 Å². The molecule has 0 aliphatic carbocycles. The zero-order chi connectivity index (χ0) is 28.0. The molecule has 3 aromatic rings. The number of rotatable bonds is 5. The van der Waals surface area contributed by atoms with E-state index in [2.05, 4.69) is 10.2 Å². The lowest BCUT2D eigenvalue weighted by molar-refractivity contribution is -0.137. The Morgan fingerprint density at radius 2 is 1.82 bits per heavy atom. The van der Waals surface area contributed by atoms with Gasteiger partial charge in [0, 0.05) is 30.9 Å². The number of alkyl halides is 3. The van der Waals surface area contributed by atoms with E-state index in [0.29, 0.717) is 29.3 Å². The first-order valence-corrected chi connectivity index (χ1v) is 13.3. The van der Waals surface area contributed by atoms with Crippen molar-refractivity contribution in [1.82, 2.24) is 9.88 Å². The number of hydrogen-bond donors (Lipinski definition) is 2. The zero-order valence-corrected chi connectivity index (χ0v) is 21.7. The van der Waals surface area contributed by atoms with Crippen molar-refractivity contribution in [2.45, 2.75) is 31.0 Å². The molecule has 2 bridgehead atoms. The zero-order valence-electron chi connectivity index (χ0n) is 21.7. The summed E-state index contributed by atoms with van der Waals surface area (Å²) in [6, 6.07) is 15.9. The average molecular weight is 551 g/mol. The minimum Gasteiger partial charge on any atom is -0.369 e. The first-order chi connectivity index (χ1) is 19.2. The van der Waals surface area contributed by atoms with Gasteiger partial charge in [-0.05, 0) is 67.3 Å². The van der Waals surface area contributed by atoms with E-state index in [1.54, 1.807) is 17.0 Å². The highest BCUT2D eigenvalue weighted by Crippen LogP contribution is 2.41. The Kier molecular flexibility index (Phi) is 6.61. The smallest absolute Gasteiger partial charge is 0.369 e. The molecule has 4 heterocycles. The van der Waals surface area contributed by atoms with Crippen LogP contribution in [0, 0.1) is 0 Å². The van der Waals surface area contributed by atoms with Gasteiger partial charge >= 0.3 is 12.2 Å². The fraction of sp³-hybridized carbons (Fsp3) is 0.345. The van der Waals surface area contributed by atoms with E-state index >= 15 is 0 Å². The Hall–Kier alpha value is -4.12. The molecule has 2 unspecified atom stereocenters. The second-order valence-electron chi connectivity index (χ2n) is 10.6. The number of pyridine rings is 1. The number of carbonyl (C=O) groups excluding carboxylic acids is 2. The van der Waals surface area contributed by atoms with E-state index in [9.17, 15) is 22.8 Å². The topological polar surface area (TPSA) is 94.8 Å². The summed E-state index contributed by atoms with van der Waals surface area (Å²) >= 11 is 0. The summed E-state index contributed by atoms with van der Waals surface area (Å²) in [5, 5.41) is 3.02. The lowest BCUT2D eigenvalue weighted by Gasteiger charge is -2.36. The molecule has 3 aliphatic rings. The highest BCUT2D eigenvalue weighted by molar-refractivity contribution is 6.04. The number of amides is 3. The molecule has 2 atom stereocenters. The molecule has 3 aliphatic heterocycles. The largest absolute Gasteiger partial charge is 0.416 e. The van der Waals surface area contributed by atoms with Crippen LogP contribution < -0.4 is 20.9 Å².